The monoisotopic (exact) mass is 322 g/mol. The Morgan fingerprint density at radius 2 is 2.09 bits per heavy atom. The van der Waals surface area contributed by atoms with Gasteiger partial charge in [0.1, 0.15) is 5.54 Å². The van der Waals surface area contributed by atoms with Gasteiger partial charge in [0.2, 0.25) is 5.56 Å². The minimum atomic E-state index is -1.39. The zero-order valence-electron chi connectivity index (χ0n) is 13.8. The topological polar surface area (TPSA) is 97.6 Å². The van der Waals surface area contributed by atoms with E-state index < -0.39 is 22.8 Å². The first kappa shape index (κ1) is 17.2. The molecule has 1 aliphatic rings. The van der Waals surface area contributed by atoms with Gasteiger partial charge in [0.25, 0.3) is 5.91 Å². The summed E-state index contributed by atoms with van der Waals surface area (Å²) in [6, 6.07) is 2.66. The van der Waals surface area contributed by atoms with Crippen LogP contribution < -0.4 is 10.9 Å². The van der Waals surface area contributed by atoms with Crippen molar-refractivity contribution in [2.75, 3.05) is 6.61 Å². The summed E-state index contributed by atoms with van der Waals surface area (Å²) in [7, 11) is 1.53. The Morgan fingerprint density at radius 3 is 2.57 bits per heavy atom. The molecule has 126 valence electrons. The van der Waals surface area contributed by atoms with E-state index in [0.717, 1.165) is 0 Å². The number of carbonyl (C=O) groups excluding carboxylic acids is 1. The highest BCUT2D eigenvalue weighted by Gasteiger charge is 2.66. The van der Waals surface area contributed by atoms with Crippen molar-refractivity contribution >= 4 is 11.9 Å². The molecule has 0 radical (unpaired) electrons. The van der Waals surface area contributed by atoms with Crippen molar-refractivity contribution in [1.82, 2.24) is 9.88 Å². The molecule has 1 aromatic rings. The van der Waals surface area contributed by atoms with Crippen LogP contribution in [0.15, 0.2) is 23.1 Å². The predicted molar refractivity (Wildman–Crippen MR) is 83.3 cm³/mol. The lowest BCUT2D eigenvalue weighted by Crippen LogP contribution is -2.76. The first-order chi connectivity index (χ1) is 10.7. The summed E-state index contributed by atoms with van der Waals surface area (Å²) in [5.74, 6) is -1.61. The third kappa shape index (κ3) is 2.65. The van der Waals surface area contributed by atoms with Crippen molar-refractivity contribution in [3.63, 3.8) is 0 Å². The van der Waals surface area contributed by atoms with Crippen LogP contribution in [0.4, 0.5) is 0 Å². The molecule has 1 aromatic heterocycles. The first-order valence-corrected chi connectivity index (χ1v) is 7.50. The van der Waals surface area contributed by atoms with Gasteiger partial charge in [-0.05, 0) is 13.0 Å². The third-order valence-electron chi connectivity index (χ3n) is 4.80. The molecule has 23 heavy (non-hydrogen) atoms. The fourth-order valence-electron chi connectivity index (χ4n) is 3.03. The molecule has 1 aliphatic carbocycles. The van der Waals surface area contributed by atoms with E-state index in [4.69, 9.17) is 4.74 Å². The fraction of sp³-hybridized carbons (Fsp3) is 0.562. The van der Waals surface area contributed by atoms with Gasteiger partial charge in [-0.15, -0.1) is 0 Å². The summed E-state index contributed by atoms with van der Waals surface area (Å²) >= 11 is 0. The maximum absolute atomic E-state index is 12.4. The number of pyridine rings is 1. The Kier molecular flexibility index (Phi) is 4.34. The standard InChI is InChI=1S/C16H22N2O5/c1-5-23-11-8-16(14(21)22,15(11,2)3)17-13(20)10-6-7-12(19)18(4)9-10/h6-7,9,11H,5,8H2,1-4H3,(H,17,20)(H,21,22). The van der Waals surface area contributed by atoms with Crippen molar-refractivity contribution < 1.29 is 19.4 Å². The number of hydrogen-bond donors (Lipinski definition) is 2. The second-order valence-electron chi connectivity index (χ2n) is 6.40. The van der Waals surface area contributed by atoms with E-state index in [9.17, 15) is 19.5 Å². The molecule has 0 bridgehead atoms. The number of hydrogen-bond acceptors (Lipinski definition) is 4. The van der Waals surface area contributed by atoms with Gasteiger partial charge in [-0.3, -0.25) is 9.59 Å². The number of aromatic nitrogens is 1. The first-order valence-electron chi connectivity index (χ1n) is 7.50. The number of rotatable bonds is 5. The minimum absolute atomic E-state index is 0.209. The van der Waals surface area contributed by atoms with Crippen LogP contribution in [-0.2, 0) is 16.6 Å². The summed E-state index contributed by atoms with van der Waals surface area (Å²) in [5, 5.41) is 12.3. The van der Waals surface area contributed by atoms with Crippen molar-refractivity contribution in [1.29, 1.82) is 0 Å². The molecule has 1 heterocycles. The molecule has 7 nitrogen and oxygen atoms in total. The molecule has 0 aromatic carbocycles. The van der Waals surface area contributed by atoms with E-state index in [1.165, 1.54) is 29.9 Å². The van der Waals surface area contributed by atoms with Gasteiger partial charge in [0.05, 0.1) is 11.7 Å². The summed E-state index contributed by atoms with van der Waals surface area (Å²) < 4.78 is 6.84. The second-order valence-corrected chi connectivity index (χ2v) is 6.40. The quantitative estimate of drug-likeness (QED) is 0.834. The number of nitrogens with one attached hydrogen (secondary N) is 1. The zero-order valence-corrected chi connectivity index (χ0v) is 13.8. The summed E-state index contributed by atoms with van der Waals surface area (Å²) in [5.41, 5.74) is -2.14. The number of aryl methyl sites for hydroxylation is 1. The lowest BCUT2D eigenvalue weighted by Gasteiger charge is -2.58. The highest BCUT2D eigenvalue weighted by atomic mass is 16.5. The summed E-state index contributed by atoms with van der Waals surface area (Å²) in [6.07, 6.45) is 1.36. The molecule has 1 saturated carbocycles. The number of aliphatic carboxylic acids is 1. The Labute approximate surface area is 134 Å². The molecule has 2 rings (SSSR count). The van der Waals surface area contributed by atoms with Gasteiger partial charge in [0.15, 0.2) is 0 Å². The van der Waals surface area contributed by atoms with Crippen LogP contribution in [0.2, 0.25) is 0 Å². The highest BCUT2D eigenvalue weighted by molar-refractivity contribution is 5.98. The van der Waals surface area contributed by atoms with E-state index in [1.807, 2.05) is 6.92 Å². The third-order valence-corrected chi connectivity index (χ3v) is 4.80. The lowest BCUT2D eigenvalue weighted by atomic mass is 9.54. The van der Waals surface area contributed by atoms with E-state index in [-0.39, 0.29) is 23.6 Å². The lowest BCUT2D eigenvalue weighted by molar-refractivity contribution is -0.190. The van der Waals surface area contributed by atoms with Gasteiger partial charge >= 0.3 is 5.97 Å². The average molecular weight is 322 g/mol. The second kappa shape index (κ2) is 5.81. The molecule has 0 spiro atoms. The summed E-state index contributed by atoms with van der Waals surface area (Å²) in [4.78, 5) is 35.7. The smallest absolute Gasteiger partial charge is 0.330 e. The van der Waals surface area contributed by atoms with Crippen LogP contribution in [0.25, 0.3) is 0 Å². The SMILES string of the molecule is CCOC1CC(NC(=O)c2ccc(=O)n(C)c2)(C(=O)O)C1(C)C. The van der Waals surface area contributed by atoms with E-state index in [1.54, 1.807) is 13.8 Å². The molecule has 1 fully saturated rings. The number of carboxylic acid groups (broad SMARTS) is 1. The molecule has 2 unspecified atom stereocenters. The molecule has 0 aliphatic heterocycles. The Balaban J connectivity index is 2.27. The van der Waals surface area contributed by atoms with Gasteiger partial charge in [-0.2, -0.15) is 0 Å². The number of amides is 1. The van der Waals surface area contributed by atoms with E-state index >= 15 is 0 Å². The van der Waals surface area contributed by atoms with Gasteiger partial charge in [-0.25, -0.2) is 4.79 Å². The molecule has 2 atom stereocenters. The predicted octanol–water partition coefficient (Wildman–Crippen LogP) is 0.773. The van der Waals surface area contributed by atoms with Crippen LogP contribution in [0.3, 0.4) is 0 Å². The molecule has 7 heteroatoms. The molecular formula is C16H22N2O5. The molecular weight excluding hydrogens is 300 g/mol. The number of carboxylic acids is 1. The Bertz CT molecular complexity index is 694. The van der Waals surface area contributed by atoms with Gasteiger partial charge < -0.3 is 19.7 Å². The van der Waals surface area contributed by atoms with Crippen LogP contribution >= 0.6 is 0 Å². The van der Waals surface area contributed by atoms with Crippen LogP contribution in [0.1, 0.15) is 37.6 Å². The van der Waals surface area contributed by atoms with Crippen molar-refractivity contribution in [2.24, 2.45) is 12.5 Å². The van der Waals surface area contributed by atoms with Crippen LogP contribution in [0.5, 0.6) is 0 Å². The van der Waals surface area contributed by atoms with Crippen LogP contribution in [0, 0.1) is 5.41 Å². The van der Waals surface area contributed by atoms with Crippen molar-refractivity contribution in [2.45, 2.75) is 38.8 Å². The molecule has 0 saturated heterocycles. The minimum Gasteiger partial charge on any atom is -0.479 e. The number of nitrogens with zero attached hydrogens (tertiary/aromatic N) is 1. The normalized spacial score (nSPS) is 25.5. The largest absolute Gasteiger partial charge is 0.479 e. The molecule has 1 amide bonds. The van der Waals surface area contributed by atoms with Gasteiger partial charge in [0, 0.05) is 37.8 Å². The Hall–Kier alpha value is -2.15. The van der Waals surface area contributed by atoms with Crippen molar-refractivity contribution in [3.05, 3.63) is 34.2 Å². The van der Waals surface area contributed by atoms with Crippen LogP contribution in [-0.4, -0.2) is 39.8 Å². The van der Waals surface area contributed by atoms with Crippen molar-refractivity contribution in [3.8, 4) is 0 Å². The molecule has 2 N–H and O–H groups in total. The average Bonchev–Trinajstić information content (AvgIpc) is 2.48. The number of ether oxygens (including phenoxy) is 1. The fourth-order valence-corrected chi connectivity index (χ4v) is 3.03. The maximum atomic E-state index is 12.4. The van der Waals surface area contributed by atoms with Gasteiger partial charge in [-0.1, -0.05) is 13.8 Å². The Morgan fingerprint density at radius 1 is 1.43 bits per heavy atom. The maximum Gasteiger partial charge on any atom is 0.330 e. The number of carbonyl (C=O) groups is 2. The zero-order chi connectivity index (χ0) is 17.4. The van der Waals surface area contributed by atoms with E-state index in [0.29, 0.717) is 6.61 Å². The highest BCUT2D eigenvalue weighted by Crippen LogP contribution is 2.51. The summed E-state index contributed by atoms with van der Waals surface area (Å²) in [6.45, 7) is 5.87. The van der Waals surface area contributed by atoms with E-state index in [2.05, 4.69) is 5.32 Å².